The molecule has 0 atom stereocenters. The molecule has 2 aliphatic rings. The number of rotatable bonds is 4. The van der Waals surface area contributed by atoms with Crippen LogP contribution >= 0.6 is 11.8 Å². The van der Waals surface area contributed by atoms with Crippen LogP contribution < -0.4 is 20.3 Å². The Morgan fingerprint density at radius 3 is 3.08 bits per heavy atom. The smallest absolute Gasteiger partial charge is 0.254 e. The first-order valence-corrected chi connectivity index (χ1v) is 8.62. The van der Waals surface area contributed by atoms with Crippen molar-refractivity contribution in [2.45, 2.75) is 24.4 Å². The standard InChI is InChI=1S/C16H15N3O4S/c20-14(17-9-4-5-12-13(6-9)23-8-22-12)7-24-16-18-11-3-1-2-10(11)15(21)19-16/h4-6H,1-3,7-8H2,(H,17,20)(H,18,19,21). The van der Waals surface area contributed by atoms with Crippen molar-refractivity contribution in [3.63, 3.8) is 0 Å². The number of hydrogen-bond acceptors (Lipinski definition) is 6. The fraction of sp³-hybridized carbons (Fsp3) is 0.312. The predicted octanol–water partition coefficient (Wildman–Crippen LogP) is 1.72. The third kappa shape index (κ3) is 2.96. The molecule has 0 radical (unpaired) electrons. The third-order valence-electron chi connectivity index (χ3n) is 3.92. The second kappa shape index (κ2) is 6.20. The molecule has 0 bridgehead atoms. The molecular formula is C16H15N3O4S. The highest BCUT2D eigenvalue weighted by Crippen LogP contribution is 2.34. The van der Waals surface area contributed by atoms with Crippen molar-refractivity contribution >= 4 is 23.4 Å². The summed E-state index contributed by atoms with van der Waals surface area (Å²) in [6, 6.07) is 5.23. The minimum atomic E-state index is -0.179. The van der Waals surface area contributed by atoms with Gasteiger partial charge >= 0.3 is 0 Å². The van der Waals surface area contributed by atoms with Crippen LogP contribution in [-0.4, -0.2) is 28.4 Å². The number of aromatic amines is 1. The van der Waals surface area contributed by atoms with Gasteiger partial charge in [0.25, 0.3) is 5.56 Å². The number of thioether (sulfide) groups is 1. The number of nitrogens with zero attached hydrogens (tertiary/aromatic N) is 1. The van der Waals surface area contributed by atoms with Crippen LogP contribution in [0.3, 0.4) is 0 Å². The Bertz CT molecular complexity index is 865. The number of amides is 1. The lowest BCUT2D eigenvalue weighted by molar-refractivity contribution is -0.113. The third-order valence-corrected chi connectivity index (χ3v) is 4.79. The summed E-state index contributed by atoms with van der Waals surface area (Å²) < 4.78 is 10.5. The summed E-state index contributed by atoms with van der Waals surface area (Å²) in [7, 11) is 0. The van der Waals surface area contributed by atoms with E-state index in [-0.39, 0.29) is 24.0 Å². The molecule has 1 aliphatic heterocycles. The lowest BCUT2D eigenvalue weighted by Crippen LogP contribution is -2.17. The normalized spacial score (nSPS) is 14.5. The van der Waals surface area contributed by atoms with Crippen molar-refractivity contribution in [2.24, 2.45) is 0 Å². The molecule has 0 unspecified atom stereocenters. The highest BCUT2D eigenvalue weighted by Gasteiger charge is 2.18. The van der Waals surface area contributed by atoms with Gasteiger partial charge in [-0.25, -0.2) is 4.98 Å². The molecule has 0 saturated heterocycles. The number of carbonyl (C=O) groups excluding carboxylic acids is 1. The second-order valence-electron chi connectivity index (χ2n) is 5.55. The van der Waals surface area contributed by atoms with Crippen LogP contribution in [-0.2, 0) is 17.6 Å². The zero-order chi connectivity index (χ0) is 16.5. The molecule has 1 aliphatic carbocycles. The molecule has 1 amide bonds. The molecule has 7 nitrogen and oxygen atoms in total. The molecule has 2 N–H and O–H groups in total. The van der Waals surface area contributed by atoms with Crippen LogP contribution in [0.1, 0.15) is 17.7 Å². The highest BCUT2D eigenvalue weighted by molar-refractivity contribution is 7.99. The van der Waals surface area contributed by atoms with Crippen LogP contribution in [0.5, 0.6) is 11.5 Å². The monoisotopic (exact) mass is 345 g/mol. The Hall–Kier alpha value is -2.48. The lowest BCUT2D eigenvalue weighted by atomic mass is 10.3. The van der Waals surface area contributed by atoms with Crippen molar-refractivity contribution in [1.29, 1.82) is 0 Å². The summed E-state index contributed by atoms with van der Waals surface area (Å²) in [4.78, 5) is 31.2. The van der Waals surface area contributed by atoms with Gasteiger partial charge in [-0.05, 0) is 31.4 Å². The Morgan fingerprint density at radius 2 is 2.17 bits per heavy atom. The van der Waals surface area contributed by atoms with E-state index >= 15 is 0 Å². The number of anilines is 1. The Balaban J connectivity index is 1.39. The van der Waals surface area contributed by atoms with Crippen LogP contribution in [0.2, 0.25) is 0 Å². The van der Waals surface area contributed by atoms with Crippen LogP contribution in [0.15, 0.2) is 28.2 Å². The molecular weight excluding hydrogens is 330 g/mol. The van der Waals surface area contributed by atoms with E-state index in [1.165, 1.54) is 11.8 Å². The first kappa shape index (κ1) is 15.1. The Kier molecular flexibility index (Phi) is 3.89. The SMILES string of the molecule is O=C(CSc1nc2c(c(=O)[nH]1)CCC2)Nc1ccc2c(c1)OCO2. The molecule has 2 heterocycles. The zero-order valence-electron chi connectivity index (χ0n) is 12.8. The average molecular weight is 345 g/mol. The molecule has 0 spiro atoms. The molecule has 124 valence electrons. The summed E-state index contributed by atoms with van der Waals surface area (Å²) in [5.41, 5.74) is 2.19. The Labute approximate surface area is 141 Å². The number of H-pyrrole nitrogens is 1. The van der Waals surface area contributed by atoms with E-state index in [1.807, 2.05) is 0 Å². The fourth-order valence-corrected chi connectivity index (χ4v) is 3.47. The number of nitrogens with one attached hydrogen (secondary N) is 2. The molecule has 0 saturated carbocycles. The Morgan fingerprint density at radius 1 is 1.29 bits per heavy atom. The first-order chi connectivity index (χ1) is 11.7. The van der Waals surface area contributed by atoms with E-state index in [2.05, 4.69) is 15.3 Å². The van der Waals surface area contributed by atoms with Crippen LogP contribution in [0.4, 0.5) is 5.69 Å². The summed E-state index contributed by atoms with van der Waals surface area (Å²) in [5.74, 6) is 1.27. The van der Waals surface area contributed by atoms with Crippen molar-refractivity contribution in [1.82, 2.24) is 9.97 Å². The number of ether oxygens (including phenoxy) is 2. The van der Waals surface area contributed by atoms with Gasteiger partial charge in [0.1, 0.15) is 0 Å². The summed E-state index contributed by atoms with van der Waals surface area (Å²) in [5, 5.41) is 3.28. The topological polar surface area (TPSA) is 93.3 Å². The van der Waals surface area contributed by atoms with E-state index in [4.69, 9.17) is 9.47 Å². The van der Waals surface area contributed by atoms with Gasteiger partial charge in [-0.2, -0.15) is 0 Å². The maximum Gasteiger partial charge on any atom is 0.254 e. The molecule has 1 aromatic heterocycles. The molecule has 2 aromatic rings. The van der Waals surface area contributed by atoms with Gasteiger partial charge in [0.2, 0.25) is 12.7 Å². The number of aromatic nitrogens is 2. The van der Waals surface area contributed by atoms with Gasteiger partial charge < -0.3 is 19.8 Å². The van der Waals surface area contributed by atoms with Crippen molar-refractivity contribution in [3.05, 3.63) is 39.8 Å². The molecule has 24 heavy (non-hydrogen) atoms. The van der Waals surface area contributed by atoms with E-state index in [9.17, 15) is 9.59 Å². The van der Waals surface area contributed by atoms with E-state index in [0.717, 1.165) is 30.5 Å². The molecule has 8 heteroatoms. The van der Waals surface area contributed by atoms with E-state index in [0.29, 0.717) is 22.3 Å². The zero-order valence-corrected chi connectivity index (χ0v) is 13.6. The number of benzene rings is 1. The van der Waals surface area contributed by atoms with Gasteiger partial charge in [0.15, 0.2) is 16.7 Å². The van der Waals surface area contributed by atoms with Crippen LogP contribution in [0, 0.1) is 0 Å². The van der Waals surface area contributed by atoms with Gasteiger partial charge in [-0.1, -0.05) is 11.8 Å². The van der Waals surface area contributed by atoms with Gasteiger partial charge in [0.05, 0.1) is 11.4 Å². The molecule has 1 aromatic carbocycles. The highest BCUT2D eigenvalue weighted by atomic mass is 32.2. The van der Waals surface area contributed by atoms with Crippen LogP contribution in [0.25, 0.3) is 0 Å². The minimum Gasteiger partial charge on any atom is -0.454 e. The lowest BCUT2D eigenvalue weighted by Gasteiger charge is -2.06. The van der Waals surface area contributed by atoms with Crippen molar-refractivity contribution in [3.8, 4) is 11.5 Å². The van der Waals surface area contributed by atoms with Gasteiger partial charge in [0, 0.05) is 17.3 Å². The number of fused-ring (bicyclic) bond motifs is 2. The maximum atomic E-state index is 12.1. The number of hydrogen-bond donors (Lipinski definition) is 2. The molecule has 4 rings (SSSR count). The summed E-state index contributed by atoms with van der Waals surface area (Å²) >= 11 is 1.22. The molecule has 0 fully saturated rings. The van der Waals surface area contributed by atoms with E-state index < -0.39 is 0 Å². The number of carbonyl (C=O) groups is 1. The fourth-order valence-electron chi connectivity index (χ4n) is 2.79. The minimum absolute atomic E-state index is 0.0869. The predicted molar refractivity (Wildman–Crippen MR) is 88.8 cm³/mol. The quantitative estimate of drug-likeness (QED) is 0.647. The number of aryl methyl sites for hydroxylation is 1. The second-order valence-corrected chi connectivity index (χ2v) is 6.52. The first-order valence-electron chi connectivity index (χ1n) is 7.63. The summed E-state index contributed by atoms with van der Waals surface area (Å²) in [6.45, 7) is 0.194. The average Bonchev–Trinajstić information content (AvgIpc) is 3.21. The summed E-state index contributed by atoms with van der Waals surface area (Å²) in [6.07, 6.45) is 2.58. The largest absolute Gasteiger partial charge is 0.454 e. The van der Waals surface area contributed by atoms with E-state index in [1.54, 1.807) is 18.2 Å². The van der Waals surface area contributed by atoms with Crippen molar-refractivity contribution < 1.29 is 14.3 Å². The van der Waals surface area contributed by atoms with Gasteiger partial charge in [-0.3, -0.25) is 9.59 Å². The van der Waals surface area contributed by atoms with Crippen molar-refractivity contribution in [2.75, 3.05) is 17.9 Å². The maximum absolute atomic E-state index is 12.1. The van der Waals surface area contributed by atoms with Gasteiger partial charge in [-0.15, -0.1) is 0 Å².